The average Bonchev–Trinajstić information content (AvgIpc) is 4.18. The van der Waals surface area contributed by atoms with Crippen LogP contribution in [0.2, 0.25) is 0 Å². The number of para-hydroxylation sites is 3. The molecular formula is C67H44N2OS. The van der Waals surface area contributed by atoms with E-state index in [9.17, 15) is 0 Å². The van der Waals surface area contributed by atoms with Gasteiger partial charge in [-0.1, -0.05) is 182 Å². The van der Waals surface area contributed by atoms with Crippen molar-refractivity contribution in [1.29, 1.82) is 0 Å². The van der Waals surface area contributed by atoms with Crippen molar-refractivity contribution in [2.24, 2.45) is 0 Å². The second kappa shape index (κ2) is 15.7. The third-order valence-corrected chi connectivity index (χ3v) is 16.6. The average molecular weight is 925 g/mol. The summed E-state index contributed by atoms with van der Waals surface area (Å²) in [4.78, 5) is 2.41. The van der Waals surface area contributed by atoms with Gasteiger partial charge in [-0.3, -0.25) is 0 Å². The van der Waals surface area contributed by atoms with E-state index in [-0.39, 0.29) is 12.0 Å². The highest BCUT2D eigenvalue weighted by Gasteiger charge is 2.46. The Morgan fingerprint density at radius 2 is 1.06 bits per heavy atom. The standard InChI is InChI=1S/C67H44N2OS/c1-4-18-44(19-5-1)67(56-28-14-10-24-50(56)51-25-11-15-29-57(51)67)45-33-35-48(36-34-45)68(46-20-6-2-7-21-46)49-37-39-54-58(41-49)69(47-22-8-3-9-23-47)59-42-61-66(55-27-12-16-30-60(55)70-61)64(65(54)59)43-32-38-53-52-26-13-17-31-62(52)71-63(53)40-43/h1-42,61,66H. The Hall–Kier alpha value is -8.70. The van der Waals surface area contributed by atoms with E-state index in [0.717, 1.165) is 39.4 Å². The van der Waals surface area contributed by atoms with E-state index in [4.69, 9.17) is 4.74 Å². The molecule has 0 fully saturated rings. The van der Waals surface area contributed by atoms with E-state index in [1.54, 1.807) is 0 Å². The molecule has 0 bridgehead atoms. The molecule has 2 unspecified atom stereocenters. The number of ether oxygens (including phenoxy) is 1. The van der Waals surface area contributed by atoms with Crippen LogP contribution < -0.4 is 20.2 Å². The van der Waals surface area contributed by atoms with Crippen LogP contribution in [0, 0.1) is 0 Å². The number of nitrogens with zero attached hydrogens (tertiary/aromatic N) is 2. The Morgan fingerprint density at radius 1 is 0.465 bits per heavy atom. The number of rotatable bonds is 7. The minimum absolute atomic E-state index is 0.0253. The fourth-order valence-electron chi connectivity index (χ4n) is 12.5. The summed E-state index contributed by atoms with van der Waals surface area (Å²) in [6, 6.07) is 91.7. The molecule has 0 amide bonds. The lowest BCUT2D eigenvalue weighted by molar-refractivity contribution is 0.286. The minimum atomic E-state index is -0.478. The van der Waals surface area contributed by atoms with E-state index < -0.39 is 5.41 Å². The highest BCUT2D eigenvalue weighted by atomic mass is 32.1. The summed E-state index contributed by atoms with van der Waals surface area (Å²) in [5, 5.41) is 6.24. The zero-order valence-corrected chi connectivity index (χ0v) is 39.4. The molecule has 10 aromatic carbocycles. The molecule has 3 nitrogen and oxygen atoms in total. The molecule has 3 aliphatic rings. The van der Waals surface area contributed by atoms with Gasteiger partial charge in [-0.2, -0.15) is 0 Å². The summed E-state index contributed by atoms with van der Waals surface area (Å²) in [5.41, 5.74) is 16.5. The molecule has 2 atom stereocenters. The molecule has 0 spiro atoms. The van der Waals surface area contributed by atoms with Crippen LogP contribution in [0.4, 0.5) is 17.1 Å². The molecule has 3 heterocycles. The fraction of sp³-hybridized carbons (Fsp3) is 0.0448. The Labute approximate surface area is 415 Å². The second-order valence-electron chi connectivity index (χ2n) is 19.0. The van der Waals surface area contributed by atoms with Gasteiger partial charge >= 0.3 is 0 Å². The highest BCUT2D eigenvalue weighted by molar-refractivity contribution is 7.25. The van der Waals surface area contributed by atoms with Crippen LogP contribution in [0.1, 0.15) is 39.3 Å². The Bertz CT molecular complexity index is 4170. The summed E-state index contributed by atoms with van der Waals surface area (Å²) in [6.07, 6.45) is 2.22. The van der Waals surface area contributed by atoms with Gasteiger partial charge in [-0.25, -0.2) is 0 Å². The third-order valence-electron chi connectivity index (χ3n) is 15.4. The monoisotopic (exact) mass is 924 g/mol. The molecule has 15 rings (SSSR count). The van der Waals surface area contributed by atoms with E-state index >= 15 is 0 Å². The van der Waals surface area contributed by atoms with Gasteiger partial charge in [0, 0.05) is 59.1 Å². The number of hydrogen-bond acceptors (Lipinski definition) is 3. The van der Waals surface area contributed by atoms with Gasteiger partial charge in [0.2, 0.25) is 0 Å². The predicted molar refractivity (Wildman–Crippen MR) is 294 cm³/mol. The summed E-state index contributed by atoms with van der Waals surface area (Å²) in [5.74, 6) is 0.986. The quantitative estimate of drug-likeness (QED) is 0.158. The number of thiophene rings is 1. The highest BCUT2D eigenvalue weighted by Crippen LogP contribution is 2.56. The zero-order chi connectivity index (χ0) is 46.6. The van der Waals surface area contributed by atoms with Gasteiger partial charge in [0.05, 0.1) is 22.2 Å². The maximum Gasteiger partial charge on any atom is 0.130 e. The normalized spacial score (nSPS) is 15.9. The third kappa shape index (κ3) is 5.89. The number of fused-ring (bicyclic) bond motifs is 12. The molecule has 12 aromatic rings. The Kier molecular flexibility index (Phi) is 8.87. The van der Waals surface area contributed by atoms with Crippen LogP contribution in [0.15, 0.2) is 249 Å². The Balaban J connectivity index is 0.964. The minimum Gasteiger partial charge on any atom is -0.485 e. The molecule has 2 aliphatic carbocycles. The number of benzene rings is 10. The number of hydrogen-bond donors (Lipinski definition) is 0. The maximum absolute atomic E-state index is 6.94. The first-order valence-corrected chi connectivity index (χ1v) is 25.4. The van der Waals surface area contributed by atoms with Crippen molar-refractivity contribution >= 4 is 71.1 Å². The van der Waals surface area contributed by atoms with Gasteiger partial charge < -0.3 is 14.2 Å². The summed E-state index contributed by atoms with van der Waals surface area (Å²) < 4.78 is 12.0. The number of aromatic nitrogens is 1. The predicted octanol–water partition coefficient (Wildman–Crippen LogP) is 15.4. The van der Waals surface area contributed by atoms with Gasteiger partial charge in [0.25, 0.3) is 0 Å². The van der Waals surface area contributed by atoms with Gasteiger partial charge in [0.1, 0.15) is 11.9 Å². The van der Waals surface area contributed by atoms with Crippen LogP contribution in [-0.2, 0) is 5.41 Å². The number of anilines is 3. The topological polar surface area (TPSA) is 17.4 Å². The van der Waals surface area contributed by atoms with Crippen molar-refractivity contribution in [1.82, 2.24) is 4.57 Å². The summed E-state index contributed by atoms with van der Waals surface area (Å²) >= 11 is 1.88. The lowest BCUT2D eigenvalue weighted by Crippen LogP contribution is -2.40. The van der Waals surface area contributed by atoms with Crippen molar-refractivity contribution in [3.8, 4) is 22.6 Å². The Morgan fingerprint density at radius 3 is 1.83 bits per heavy atom. The fourth-order valence-corrected chi connectivity index (χ4v) is 13.7. The van der Waals surface area contributed by atoms with Crippen LogP contribution >= 0.6 is 11.3 Å². The molecule has 0 N–H and O–H groups in total. The van der Waals surface area contributed by atoms with E-state index in [0.29, 0.717) is 0 Å². The van der Waals surface area contributed by atoms with Crippen molar-refractivity contribution in [2.75, 3.05) is 4.90 Å². The zero-order valence-electron chi connectivity index (χ0n) is 38.6. The van der Waals surface area contributed by atoms with Gasteiger partial charge in [0.15, 0.2) is 0 Å². The largest absolute Gasteiger partial charge is 0.485 e. The molecule has 1 aliphatic heterocycles. The maximum atomic E-state index is 6.94. The lowest BCUT2D eigenvalue weighted by atomic mass is 9.68. The molecule has 4 heteroatoms. The first-order valence-electron chi connectivity index (χ1n) is 24.6. The van der Waals surface area contributed by atoms with Crippen LogP contribution in [0.25, 0.3) is 59.5 Å². The molecule has 2 aromatic heterocycles. The van der Waals surface area contributed by atoms with E-state index in [1.165, 1.54) is 80.9 Å². The first-order chi connectivity index (χ1) is 35.2. The van der Waals surface area contributed by atoms with Crippen molar-refractivity contribution in [3.05, 3.63) is 293 Å². The van der Waals surface area contributed by atoms with E-state index in [2.05, 4.69) is 264 Å². The van der Waals surface area contributed by atoms with Crippen LogP contribution in [-0.4, -0.2) is 10.7 Å². The van der Waals surface area contributed by atoms with Crippen molar-refractivity contribution in [3.63, 3.8) is 0 Å². The second-order valence-corrected chi connectivity index (χ2v) is 20.1. The molecule has 0 saturated heterocycles. The molecule has 0 radical (unpaired) electrons. The lowest BCUT2D eigenvalue weighted by Gasteiger charge is -2.34. The molecule has 71 heavy (non-hydrogen) atoms. The molecule has 0 saturated carbocycles. The molecule has 334 valence electrons. The van der Waals surface area contributed by atoms with E-state index in [1.807, 2.05) is 11.3 Å². The summed E-state index contributed by atoms with van der Waals surface area (Å²) in [7, 11) is 0. The van der Waals surface area contributed by atoms with Crippen molar-refractivity contribution < 1.29 is 4.74 Å². The molecular weight excluding hydrogens is 881 g/mol. The van der Waals surface area contributed by atoms with Crippen molar-refractivity contribution in [2.45, 2.75) is 17.4 Å². The first kappa shape index (κ1) is 40.2. The van der Waals surface area contributed by atoms with Crippen LogP contribution in [0.3, 0.4) is 0 Å². The van der Waals surface area contributed by atoms with Gasteiger partial charge in [-0.05, 0) is 117 Å². The summed E-state index contributed by atoms with van der Waals surface area (Å²) in [6.45, 7) is 0. The van der Waals surface area contributed by atoms with Gasteiger partial charge in [-0.15, -0.1) is 11.3 Å². The smallest absolute Gasteiger partial charge is 0.130 e. The van der Waals surface area contributed by atoms with Crippen LogP contribution in [0.5, 0.6) is 5.75 Å². The SMILES string of the molecule is C1=c2c(c3ccc(N(c4ccccc4)c4ccc(C5(c6ccccc6)c6ccccc6-c6ccccc65)cc4)cc3n2-c2ccccc2)=C(c2ccc3c(c2)sc2ccccc23)C2c3ccccc3OC12.